The highest BCUT2D eigenvalue weighted by Gasteiger charge is 2.08. The average Bonchev–Trinajstić information content (AvgIpc) is 2.89. The molecule has 1 aromatic carbocycles. The molecule has 20 heavy (non-hydrogen) atoms. The molecule has 0 fully saturated rings. The molecule has 4 nitrogen and oxygen atoms in total. The predicted octanol–water partition coefficient (Wildman–Crippen LogP) is 3.47. The van der Waals surface area contributed by atoms with Gasteiger partial charge in [-0.2, -0.15) is 0 Å². The molecule has 106 valence electrons. The smallest absolute Gasteiger partial charge is 0.226 e. The van der Waals surface area contributed by atoms with Crippen LogP contribution in [-0.2, 0) is 4.79 Å². The Morgan fingerprint density at radius 2 is 1.90 bits per heavy atom. The summed E-state index contributed by atoms with van der Waals surface area (Å²) < 4.78 is 0. The molecule has 5 heteroatoms. The highest BCUT2D eigenvalue weighted by molar-refractivity contribution is 7.14. The number of nitrogens with one attached hydrogen (secondary N) is 1. The zero-order valence-electron chi connectivity index (χ0n) is 12.2. The van der Waals surface area contributed by atoms with Crippen molar-refractivity contribution in [1.29, 1.82) is 0 Å². The number of amides is 1. The highest BCUT2D eigenvalue weighted by atomic mass is 32.1. The van der Waals surface area contributed by atoms with Crippen LogP contribution >= 0.6 is 11.3 Å². The third kappa shape index (κ3) is 3.36. The summed E-state index contributed by atoms with van der Waals surface area (Å²) in [7, 11) is 3.96. The summed E-state index contributed by atoms with van der Waals surface area (Å²) in [4.78, 5) is 18.2. The molecule has 0 saturated heterocycles. The van der Waals surface area contributed by atoms with Crippen molar-refractivity contribution in [2.45, 2.75) is 13.8 Å². The topological polar surface area (TPSA) is 45.2 Å². The molecule has 0 aliphatic rings. The van der Waals surface area contributed by atoms with Gasteiger partial charge in [-0.25, -0.2) is 4.98 Å². The molecule has 0 unspecified atom stereocenters. The molecule has 1 amide bonds. The maximum atomic E-state index is 11.6. The third-order valence-corrected chi connectivity index (χ3v) is 3.86. The maximum absolute atomic E-state index is 11.6. The minimum Gasteiger partial charge on any atom is -0.354 e. The lowest BCUT2D eigenvalue weighted by atomic mass is 10.1. The van der Waals surface area contributed by atoms with E-state index in [4.69, 9.17) is 0 Å². The maximum Gasteiger partial charge on any atom is 0.226 e. The fourth-order valence-corrected chi connectivity index (χ4v) is 2.38. The predicted molar refractivity (Wildman–Crippen MR) is 85.3 cm³/mol. The van der Waals surface area contributed by atoms with Gasteiger partial charge in [0.05, 0.1) is 5.69 Å². The lowest BCUT2D eigenvalue weighted by Crippen LogP contribution is -2.17. The molecule has 2 aromatic rings. The Labute approximate surface area is 123 Å². The second-order valence-electron chi connectivity index (χ2n) is 5.13. The Bertz CT molecular complexity index is 587. The zero-order chi connectivity index (χ0) is 14.7. The van der Waals surface area contributed by atoms with Gasteiger partial charge in [0.1, 0.15) is 0 Å². The van der Waals surface area contributed by atoms with Gasteiger partial charge < -0.3 is 10.2 Å². The van der Waals surface area contributed by atoms with E-state index in [-0.39, 0.29) is 11.8 Å². The minimum atomic E-state index is -0.0177. The van der Waals surface area contributed by atoms with E-state index in [9.17, 15) is 4.79 Å². The van der Waals surface area contributed by atoms with E-state index < -0.39 is 0 Å². The van der Waals surface area contributed by atoms with Crippen LogP contribution in [0.25, 0.3) is 11.3 Å². The number of thiazole rings is 1. The van der Waals surface area contributed by atoms with Crippen LogP contribution in [0.2, 0.25) is 0 Å². The number of carbonyl (C=O) groups is 1. The second kappa shape index (κ2) is 6.05. The molecule has 0 aliphatic heterocycles. The van der Waals surface area contributed by atoms with Gasteiger partial charge in [0, 0.05) is 36.6 Å². The zero-order valence-corrected chi connectivity index (χ0v) is 13.0. The van der Waals surface area contributed by atoms with Crippen molar-refractivity contribution >= 4 is 28.1 Å². The van der Waals surface area contributed by atoms with Crippen LogP contribution in [0.3, 0.4) is 0 Å². The molecule has 0 bridgehead atoms. The molecule has 0 saturated carbocycles. The van der Waals surface area contributed by atoms with Crippen LogP contribution in [0.1, 0.15) is 13.8 Å². The number of aromatic nitrogens is 1. The molecule has 0 radical (unpaired) electrons. The number of carbonyl (C=O) groups excluding carboxylic acids is 1. The van der Waals surface area contributed by atoms with Gasteiger partial charge in [-0.15, -0.1) is 11.3 Å². The van der Waals surface area contributed by atoms with E-state index in [0.717, 1.165) is 22.1 Å². The van der Waals surface area contributed by atoms with Crippen LogP contribution in [0.4, 0.5) is 10.8 Å². The first-order valence-electron chi connectivity index (χ1n) is 6.51. The van der Waals surface area contributed by atoms with Crippen molar-refractivity contribution < 1.29 is 4.79 Å². The van der Waals surface area contributed by atoms with Crippen LogP contribution in [0.5, 0.6) is 0 Å². The summed E-state index contributed by atoms with van der Waals surface area (Å²) in [6.45, 7) is 3.75. The van der Waals surface area contributed by atoms with E-state index in [1.165, 1.54) is 0 Å². The van der Waals surface area contributed by atoms with Crippen LogP contribution in [0, 0.1) is 5.92 Å². The number of hydrogen-bond acceptors (Lipinski definition) is 4. The fraction of sp³-hybridized carbons (Fsp3) is 0.333. The molecule has 1 aromatic heterocycles. The first-order chi connectivity index (χ1) is 9.47. The number of anilines is 2. The summed E-state index contributed by atoms with van der Waals surface area (Å²) in [5.41, 5.74) is 2.83. The summed E-state index contributed by atoms with van der Waals surface area (Å²) >= 11 is 1.62. The summed E-state index contributed by atoms with van der Waals surface area (Å²) in [6, 6.07) is 7.77. The van der Waals surface area contributed by atoms with Crippen molar-refractivity contribution in [1.82, 2.24) is 4.98 Å². The van der Waals surface area contributed by atoms with Gasteiger partial charge in [0.25, 0.3) is 0 Å². The Balaban J connectivity index is 2.13. The Morgan fingerprint density at radius 1 is 1.25 bits per heavy atom. The quantitative estimate of drug-likeness (QED) is 0.937. The average molecular weight is 289 g/mol. The van der Waals surface area contributed by atoms with Gasteiger partial charge in [-0.3, -0.25) is 4.79 Å². The summed E-state index contributed by atoms with van der Waals surface area (Å²) in [5.74, 6) is 0.0113. The number of benzene rings is 1. The molecule has 1 N–H and O–H groups in total. The van der Waals surface area contributed by atoms with Crippen molar-refractivity contribution in [3.05, 3.63) is 29.6 Å². The van der Waals surface area contributed by atoms with Crippen molar-refractivity contribution in [3.63, 3.8) is 0 Å². The molecule has 0 spiro atoms. The molecule has 0 atom stereocenters. The standard InChI is InChI=1S/C15H19N3OS/c1-10(2)14(19)16-12-7-5-11(6-8-12)13-9-20-15(17-13)18(3)4/h5-10H,1-4H3,(H,16,19). The first kappa shape index (κ1) is 14.5. The van der Waals surface area contributed by atoms with Gasteiger partial charge in [-0.1, -0.05) is 26.0 Å². The van der Waals surface area contributed by atoms with Crippen LogP contribution in [0.15, 0.2) is 29.6 Å². The van der Waals surface area contributed by atoms with Gasteiger partial charge in [-0.05, 0) is 12.1 Å². The number of rotatable bonds is 4. The van der Waals surface area contributed by atoms with Crippen molar-refractivity contribution in [2.24, 2.45) is 5.92 Å². The van der Waals surface area contributed by atoms with Crippen LogP contribution in [-0.4, -0.2) is 25.0 Å². The minimum absolute atomic E-state index is 0.0177. The number of hydrogen-bond donors (Lipinski definition) is 1. The number of nitrogens with zero attached hydrogens (tertiary/aromatic N) is 2. The summed E-state index contributed by atoms with van der Waals surface area (Å²) in [5, 5.41) is 5.90. The SMILES string of the molecule is CC(C)C(=O)Nc1ccc(-c2csc(N(C)C)n2)cc1. The monoisotopic (exact) mass is 289 g/mol. The van der Waals surface area contributed by atoms with Gasteiger partial charge in [0.15, 0.2) is 5.13 Å². The first-order valence-corrected chi connectivity index (χ1v) is 7.39. The van der Waals surface area contributed by atoms with Gasteiger partial charge in [0.2, 0.25) is 5.91 Å². The van der Waals surface area contributed by atoms with E-state index in [1.807, 2.05) is 62.5 Å². The lowest BCUT2D eigenvalue weighted by molar-refractivity contribution is -0.118. The lowest BCUT2D eigenvalue weighted by Gasteiger charge is -2.08. The van der Waals surface area contributed by atoms with E-state index in [2.05, 4.69) is 10.3 Å². The Hall–Kier alpha value is -1.88. The van der Waals surface area contributed by atoms with E-state index >= 15 is 0 Å². The van der Waals surface area contributed by atoms with Crippen LogP contribution < -0.4 is 10.2 Å². The fourth-order valence-electron chi connectivity index (χ4n) is 1.61. The summed E-state index contributed by atoms with van der Waals surface area (Å²) in [6.07, 6.45) is 0. The molecular weight excluding hydrogens is 270 g/mol. The third-order valence-electron chi connectivity index (χ3n) is 2.85. The Morgan fingerprint density at radius 3 is 2.40 bits per heavy atom. The molecule has 1 heterocycles. The second-order valence-corrected chi connectivity index (χ2v) is 5.97. The normalized spacial score (nSPS) is 10.7. The van der Waals surface area contributed by atoms with E-state index in [1.54, 1.807) is 11.3 Å². The Kier molecular flexibility index (Phi) is 4.39. The highest BCUT2D eigenvalue weighted by Crippen LogP contribution is 2.27. The largest absolute Gasteiger partial charge is 0.354 e. The van der Waals surface area contributed by atoms with E-state index in [0.29, 0.717) is 0 Å². The van der Waals surface area contributed by atoms with Crippen molar-refractivity contribution in [2.75, 3.05) is 24.3 Å². The molecular formula is C15H19N3OS. The molecule has 0 aliphatic carbocycles. The van der Waals surface area contributed by atoms with Gasteiger partial charge >= 0.3 is 0 Å². The van der Waals surface area contributed by atoms with Crippen molar-refractivity contribution in [3.8, 4) is 11.3 Å². The molecule has 2 rings (SSSR count).